The lowest BCUT2D eigenvalue weighted by molar-refractivity contribution is 0.208. The van der Waals surface area contributed by atoms with Crippen LogP contribution in [0.4, 0.5) is 0 Å². The average molecular weight is 220 g/mol. The number of nitrogens with zero attached hydrogens (tertiary/aromatic N) is 1. The van der Waals surface area contributed by atoms with Gasteiger partial charge in [-0.15, -0.1) is 0 Å². The summed E-state index contributed by atoms with van der Waals surface area (Å²) in [6.45, 7) is 4.41. The number of aliphatic hydroxyl groups is 1. The lowest BCUT2D eigenvalue weighted by Gasteiger charge is -2.24. The van der Waals surface area contributed by atoms with E-state index in [1.165, 1.54) is 0 Å². The summed E-state index contributed by atoms with van der Waals surface area (Å²) in [4.78, 5) is 0. The van der Waals surface area contributed by atoms with Crippen LogP contribution in [0.25, 0.3) is 0 Å². The molecule has 0 heterocycles. The highest BCUT2D eigenvalue weighted by Crippen LogP contribution is 2.09. The van der Waals surface area contributed by atoms with Gasteiger partial charge in [-0.3, -0.25) is 0 Å². The Kier molecular flexibility index (Phi) is 4.52. The molecule has 1 unspecified atom stereocenters. The number of sulfonamides is 1. The largest absolute Gasteiger partial charge is 0.394 e. The summed E-state index contributed by atoms with van der Waals surface area (Å²) in [5.41, 5.74) is -0.927. The van der Waals surface area contributed by atoms with Gasteiger partial charge in [0.15, 0.2) is 5.25 Å². The van der Waals surface area contributed by atoms with E-state index >= 15 is 0 Å². The van der Waals surface area contributed by atoms with Gasteiger partial charge >= 0.3 is 0 Å². The van der Waals surface area contributed by atoms with Gasteiger partial charge in [-0.05, 0) is 20.3 Å². The van der Waals surface area contributed by atoms with Gasteiger partial charge in [-0.2, -0.15) is 5.26 Å². The van der Waals surface area contributed by atoms with E-state index in [2.05, 4.69) is 4.72 Å². The van der Waals surface area contributed by atoms with Crippen LogP contribution in [0.15, 0.2) is 0 Å². The maximum Gasteiger partial charge on any atom is 0.228 e. The number of nitrogens with one attached hydrogen (secondary N) is 1. The standard InChI is InChI=1S/C8H16N2O3S/c1-4-7(5-9)14(12,13)10-8(2,3)6-11/h7,10-11H,4,6H2,1-3H3. The number of rotatable bonds is 5. The monoisotopic (exact) mass is 220 g/mol. The van der Waals surface area contributed by atoms with E-state index < -0.39 is 20.8 Å². The molecule has 82 valence electrons. The molecule has 0 fully saturated rings. The SMILES string of the molecule is CCC(C#N)S(=O)(=O)NC(C)(C)CO. The van der Waals surface area contributed by atoms with E-state index in [1.807, 2.05) is 0 Å². The molecule has 0 saturated heterocycles. The van der Waals surface area contributed by atoms with Gasteiger partial charge in [0.05, 0.1) is 18.2 Å². The van der Waals surface area contributed by atoms with Crippen molar-refractivity contribution in [2.24, 2.45) is 0 Å². The van der Waals surface area contributed by atoms with Gasteiger partial charge in [0, 0.05) is 0 Å². The highest BCUT2D eigenvalue weighted by atomic mass is 32.2. The predicted molar refractivity (Wildman–Crippen MR) is 52.9 cm³/mol. The molecular formula is C8H16N2O3S. The number of nitriles is 1. The van der Waals surface area contributed by atoms with Crippen molar-refractivity contribution in [1.82, 2.24) is 4.72 Å². The lowest BCUT2D eigenvalue weighted by Crippen LogP contribution is -2.49. The van der Waals surface area contributed by atoms with E-state index in [9.17, 15) is 8.42 Å². The molecule has 0 spiro atoms. The predicted octanol–water partition coefficient (Wildman–Crippen LogP) is -0.0211. The van der Waals surface area contributed by atoms with Crippen molar-refractivity contribution >= 4 is 10.0 Å². The van der Waals surface area contributed by atoms with Crippen molar-refractivity contribution in [3.63, 3.8) is 0 Å². The highest BCUT2D eigenvalue weighted by Gasteiger charge is 2.30. The maximum absolute atomic E-state index is 11.5. The van der Waals surface area contributed by atoms with E-state index in [1.54, 1.807) is 26.8 Å². The first-order valence-electron chi connectivity index (χ1n) is 4.32. The molecule has 1 atom stereocenters. The zero-order chi connectivity index (χ0) is 11.4. The molecule has 0 bridgehead atoms. The molecule has 0 aromatic heterocycles. The maximum atomic E-state index is 11.5. The topological polar surface area (TPSA) is 90.2 Å². The second-order valence-corrected chi connectivity index (χ2v) is 5.58. The summed E-state index contributed by atoms with van der Waals surface area (Å²) < 4.78 is 25.3. The molecule has 0 saturated carbocycles. The number of hydrogen-bond donors (Lipinski definition) is 2. The second-order valence-electron chi connectivity index (χ2n) is 3.72. The minimum absolute atomic E-state index is 0.230. The highest BCUT2D eigenvalue weighted by molar-refractivity contribution is 7.90. The summed E-state index contributed by atoms with van der Waals surface area (Å²) in [6, 6.07) is 1.71. The fraction of sp³-hybridized carbons (Fsp3) is 0.875. The van der Waals surface area contributed by atoms with Crippen LogP contribution in [0.1, 0.15) is 27.2 Å². The fourth-order valence-corrected chi connectivity index (χ4v) is 2.42. The molecule has 0 aromatic rings. The van der Waals surface area contributed by atoms with Crippen LogP contribution in [0, 0.1) is 11.3 Å². The Morgan fingerprint density at radius 2 is 2.07 bits per heavy atom. The first-order chi connectivity index (χ1) is 6.29. The van der Waals surface area contributed by atoms with Gasteiger partial charge in [-0.1, -0.05) is 6.92 Å². The summed E-state index contributed by atoms with van der Waals surface area (Å²) in [5.74, 6) is 0. The molecule has 0 rings (SSSR count). The third-order valence-corrected chi connectivity index (χ3v) is 3.73. The van der Waals surface area contributed by atoms with Crippen molar-refractivity contribution in [3.05, 3.63) is 0 Å². The number of hydrogen-bond acceptors (Lipinski definition) is 4. The van der Waals surface area contributed by atoms with Crippen molar-refractivity contribution in [2.75, 3.05) is 6.61 Å². The van der Waals surface area contributed by atoms with Gasteiger partial charge in [0.2, 0.25) is 10.0 Å². The van der Waals surface area contributed by atoms with Crippen molar-refractivity contribution in [1.29, 1.82) is 5.26 Å². The van der Waals surface area contributed by atoms with Crippen LogP contribution in [-0.2, 0) is 10.0 Å². The summed E-state index contributed by atoms with van der Waals surface area (Å²) in [7, 11) is -3.66. The summed E-state index contributed by atoms with van der Waals surface area (Å²) in [6.07, 6.45) is 0.230. The smallest absolute Gasteiger partial charge is 0.228 e. The Bertz CT molecular complexity index is 316. The normalized spacial score (nSPS) is 14.8. The van der Waals surface area contributed by atoms with Gasteiger partial charge in [0.1, 0.15) is 0 Å². The van der Waals surface area contributed by atoms with Crippen LogP contribution in [0.5, 0.6) is 0 Å². The molecule has 0 amide bonds. The first kappa shape index (κ1) is 13.4. The van der Waals surface area contributed by atoms with Crippen LogP contribution in [0.2, 0.25) is 0 Å². The van der Waals surface area contributed by atoms with E-state index in [0.29, 0.717) is 0 Å². The Labute approximate surface area is 84.8 Å². The molecule has 14 heavy (non-hydrogen) atoms. The quantitative estimate of drug-likeness (QED) is 0.681. The Morgan fingerprint density at radius 1 is 1.57 bits per heavy atom. The molecule has 0 aliphatic heterocycles. The zero-order valence-electron chi connectivity index (χ0n) is 8.61. The van der Waals surface area contributed by atoms with E-state index in [0.717, 1.165) is 0 Å². The van der Waals surface area contributed by atoms with Gasteiger partial charge in [-0.25, -0.2) is 13.1 Å². The fourth-order valence-electron chi connectivity index (χ4n) is 0.869. The Balaban J connectivity index is 4.76. The average Bonchev–Trinajstić information content (AvgIpc) is 2.04. The molecule has 5 nitrogen and oxygen atoms in total. The third-order valence-electron chi connectivity index (χ3n) is 1.70. The first-order valence-corrected chi connectivity index (χ1v) is 5.87. The molecule has 6 heteroatoms. The Morgan fingerprint density at radius 3 is 2.36 bits per heavy atom. The van der Waals surface area contributed by atoms with E-state index in [-0.39, 0.29) is 13.0 Å². The van der Waals surface area contributed by atoms with Gasteiger partial charge < -0.3 is 5.11 Å². The second kappa shape index (κ2) is 4.73. The van der Waals surface area contributed by atoms with Crippen LogP contribution < -0.4 is 4.72 Å². The van der Waals surface area contributed by atoms with E-state index in [4.69, 9.17) is 10.4 Å². The minimum atomic E-state index is -3.66. The summed E-state index contributed by atoms with van der Waals surface area (Å²) in [5, 5.41) is 16.4. The third kappa shape index (κ3) is 3.62. The summed E-state index contributed by atoms with van der Waals surface area (Å²) >= 11 is 0. The number of aliphatic hydroxyl groups excluding tert-OH is 1. The van der Waals surface area contributed by atoms with Crippen molar-refractivity contribution in [3.8, 4) is 6.07 Å². The molecule has 0 aromatic carbocycles. The van der Waals surface area contributed by atoms with Crippen molar-refractivity contribution in [2.45, 2.75) is 38.0 Å². The molecular weight excluding hydrogens is 204 g/mol. The zero-order valence-corrected chi connectivity index (χ0v) is 9.43. The van der Waals surface area contributed by atoms with Crippen molar-refractivity contribution < 1.29 is 13.5 Å². The minimum Gasteiger partial charge on any atom is -0.394 e. The Hall–Kier alpha value is -0.640. The van der Waals surface area contributed by atoms with Crippen LogP contribution >= 0.6 is 0 Å². The van der Waals surface area contributed by atoms with Crippen LogP contribution in [-0.4, -0.2) is 30.9 Å². The lowest BCUT2D eigenvalue weighted by atomic mass is 10.1. The molecule has 0 aliphatic carbocycles. The van der Waals surface area contributed by atoms with Gasteiger partial charge in [0.25, 0.3) is 0 Å². The molecule has 0 radical (unpaired) electrons. The molecule has 0 aliphatic rings. The molecule has 2 N–H and O–H groups in total. The van der Waals surface area contributed by atoms with Crippen LogP contribution in [0.3, 0.4) is 0 Å².